The average molecular weight is 425 g/mol. The van der Waals surface area contributed by atoms with Crippen LogP contribution in [0.25, 0.3) is 10.9 Å². The Kier molecular flexibility index (Phi) is 6.30. The van der Waals surface area contributed by atoms with Crippen molar-refractivity contribution in [3.05, 3.63) is 71.9 Å². The Morgan fingerprint density at radius 3 is 2.97 bits per heavy atom. The number of thioether (sulfide) groups is 1. The maximum Gasteiger partial charge on any atom is 0.511 e. The Labute approximate surface area is 179 Å². The highest BCUT2D eigenvalue weighted by Crippen LogP contribution is 2.30. The normalized spacial score (nSPS) is 18.5. The lowest BCUT2D eigenvalue weighted by atomic mass is 9.87. The molecule has 2 aromatic carbocycles. The Balaban J connectivity index is 1.34. The molecule has 1 aliphatic rings. The van der Waals surface area contributed by atoms with E-state index in [1.165, 1.54) is 5.56 Å². The summed E-state index contributed by atoms with van der Waals surface area (Å²) in [5.41, 5.74) is 3.19. The molecule has 2 heterocycles. The second kappa shape index (κ2) is 9.28. The zero-order chi connectivity index (χ0) is 20.9. The van der Waals surface area contributed by atoms with Crippen LogP contribution in [0.2, 0.25) is 0 Å². The minimum absolute atomic E-state index is 0.257. The summed E-state index contributed by atoms with van der Waals surface area (Å²) in [6.07, 6.45) is 6.06. The molecule has 0 aliphatic carbocycles. The van der Waals surface area contributed by atoms with Gasteiger partial charge in [0.05, 0.1) is 0 Å². The molecule has 156 valence electrons. The largest absolute Gasteiger partial charge is 0.511 e. The van der Waals surface area contributed by atoms with Gasteiger partial charge in [0.15, 0.2) is 0 Å². The zero-order valence-corrected chi connectivity index (χ0v) is 17.2. The maximum absolute atomic E-state index is 10.7. The molecule has 6 nitrogen and oxygen atoms in total. The van der Waals surface area contributed by atoms with Gasteiger partial charge in [-0.25, -0.2) is 4.79 Å². The van der Waals surface area contributed by atoms with Crippen LogP contribution in [0.5, 0.6) is 11.5 Å². The number of H-pyrrole nitrogens is 1. The standard InChI is InChI=1S/C23H24N2O4S/c26-17-4-1-3-15(11-17)19-5-2-9-24-21(19)8-10-30-14-16-13-25-22-12-18(29-23(27)28)6-7-20(16)22/h1-7,11-13,19,21,24-26H,8-10,14H2,(H,27,28). The number of aromatic nitrogens is 1. The van der Waals surface area contributed by atoms with Gasteiger partial charge in [-0.1, -0.05) is 24.3 Å². The highest BCUT2D eigenvalue weighted by Gasteiger charge is 2.22. The fourth-order valence-electron chi connectivity index (χ4n) is 3.89. The first-order valence-electron chi connectivity index (χ1n) is 9.87. The number of benzene rings is 2. The fourth-order valence-corrected chi connectivity index (χ4v) is 4.92. The summed E-state index contributed by atoms with van der Waals surface area (Å²) in [7, 11) is 0. The summed E-state index contributed by atoms with van der Waals surface area (Å²) in [6.45, 7) is 0.869. The van der Waals surface area contributed by atoms with Gasteiger partial charge in [-0.05, 0) is 47.6 Å². The molecule has 30 heavy (non-hydrogen) atoms. The van der Waals surface area contributed by atoms with Gasteiger partial charge in [0.1, 0.15) is 11.5 Å². The fraction of sp³-hybridized carbons (Fsp3) is 0.261. The van der Waals surface area contributed by atoms with Gasteiger partial charge in [-0.2, -0.15) is 11.8 Å². The average Bonchev–Trinajstić information content (AvgIpc) is 3.13. The first-order chi connectivity index (χ1) is 14.6. The molecular weight excluding hydrogens is 400 g/mol. The van der Waals surface area contributed by atoms with E-state index in [2.05, 4.69) is 28.5 Å². The van der Waals surface area contributed by atoms with Crippen molar-refractivity contribution < 1.29 is 19.7 Å². The molecule has 4 rings (SSSR count). The summed E-state index contributed by atoms with van der Waals surface area (Å²) >= 11 is 1.88. The molecule has 1 aromatic heterocycles. The van der Waals surface area contributed by atoms with Crippen molar-refractivity contribution in [1.29, 1.82) is 0 Å². The van der Waals surface area contributed by atoms with E-state index in [4.69, 9.17) is 9.84 Å². The summed E-state index contributed by atoms with van der Waals surface area (Å²) < 4.78 is 4.71. The SMILES string of the molecule is O=C(O)Oc1ccc2c(CSCCC3NCC=CC3c3cccc(O)c3)c[nH]c2c1. The minimum Gasteiger partial charge on any atom is -0.508 e. The van der Waals surface area contributed by atoms with E-state index in [1.807, 2.05) is 36.2 Å². The molecule has 0 spiro atoms. The van der Waals surface area contributed by atoms with Gasteiger partial charge in [-0.15, -0.1) is 0 Å². The van der Waals surface area contributed by atoms with E-state index in [0.29, 0.717) is 17.5 Å². The number of aromatic hydroxyl groups is 1. The lowest BCUT2D eigenvalue weighted by Gasteiger charge is -2.29. The number of carbonyl (C=O) groups is 1. The van der Waals surface area contributed by atoms with E-state index >= 15 is 0 Å². The van der Waals surface area contributed by atoms with Crippen LogP contribution in [0.4, 0.5) is 4.79 Å². The van der Waals surface area contributed by atoms with Crippen molar-refractivity contribution in [3.63, 3.8) is 0 Å². The van der Waals surface area contributed by atoms with E-state index in [9.17, 15) is 9.90 Å². The molecule has 3 aromatic rings. The number of phenolic OH excluding ortho intramolecular Hbond substituents is 1. The maximum atomic E-state index is 10.7. The van der Waals surface area contributed by atoms with Crippen molar-refractivity contribution in [1.82, 2.24) is 10.3 Å². The first kappa shape index (κ1) is 20.4. The third-order valence-corrected chi connectivity index (χ3v) is 6.34. The molecule has 2 unspecified atom stereocenters. The van der Waals surface area contributed by atoms with Crippen molar-refractivity contribution >= 4 is 28.8 Å². The number of aromatic amines is 1. The van der Waals surface area contributed by atoms with Gasteiger partial charge < -0.3 is 25.3 Å². The molecule has 7 heteroatoms. The summed E-state index contributed by atoms with van der Waals surface area (Å²) in [5.74, 6) is 2.75. The lowest BCUT2D eigenvalue weighted by molar-refractivity contribution is 0.144. The molecule has 0 saturated carbocycles. The van der Waals surface area contributed by atoms with Crippen LogP contribution >= 0.6 is 11.8 Å². The molecule has 0 fully saturated rings. The molecule has 2 atom stereocenters. The topological polar surface area (TPSA) is 94.6 Å². The highest BCUT2D eigenvalue weighted by molar-refractivity contribution is 7.98. The van der Waals surface area contributed by atoms with Crippen LogP contribution in [0.1, 0.15) is 23.5 Å². The monoisotopic (exact) mass is 424 g/mol. The van der Waals surface area contributed by atoms with Gasteiger partial charge in [0.25, 0.3) is 0 Å². The predicted octanol–water partition coefficient (Wildman–Crippen LogP) is 4.87. The van der Waals surface area contributed by atoms with E-state index in [-0.39, 0.29) is 5.92 Å². The van der Waals surface area contributed by atoms with Crippen LogP contribution in [0.15, 0.2) is 60.8 Å². The second-order valence-corrected chi connectivity index (χ2v) is 8.40. The summed E-state index contributed by atoms with van der Waals surface area (Å²) in [6, 6.07) is 13.1. The van der Waals surface area contributed by atoms with Crippen LogP contribution in [-0.4, -0.2) is 39.7 Å². The van der Waals surface area contributed by atoms with Crippen LogP contribution in [0.3, 0.4) is 0 Å². The molecule has 1 aliphatic heterocycles. The molecule has 0 amide bonds. The van der Waals surface area contributed by atoms with E-state index < -0.39 is 6.16 Å². The number of hydrogen-bond acceptors (Lipinski definition) is 5. The molecule has 0 bridgehead atoms. The smallest absolute Gasteiger partial charge is 0.508 e. The highest BCUT2D eigenvalue weighted by atomic mass is 32.2. The summed E-state index contributed by atoms with van der Waals surface area (Å²) in [4.78, 5) is 13.9. The third-order valence-electron chi connectivity index (χ3n) is 5.30. The predicted molar refractivity (Wildman–Crippen MR) is 120 cm³/mol. The van der Waals surface area contributed by atoms with Crippen molar-refractivity contribution in [2.45, 2.75) is 24.1 Å². The van der Waals surface area contributed by atoms with Crippen molar-refractivity contribution in [2.24, 2.45) is 0 Å². The van der Waals surface area contributed by atoms with Crippen LogP contribution < -0.4 is 10.1 Å². The zero-order valence-electron chi connectivity index (χ0n) is 16.4. The number of fused-ring (bicyclic) bond motifs is 1. The Bertz CT molecular complexity index is 1060. The second-order valence-electron chi connectivity index (χ2n) is 7.29. The molecular formula is C23H24N2O4S. The van der Waals surface area contributed by atoms with E-state index in [0.717, 1.165) is 40.9 Å². The Morgan fingerprint density at radius 1 is 1.23 bits per heavy atom. The number of rotatable bonds is 7. The van der Waals surface area contributed by atoms with E-state index in [1.54, 1.807) is 18.2 Å². The third kappa shape index (κ3) is 4.80. The summed E-state index contributed by atoms with van der Waals surface area (Å²) in [5, 5.41) is 23.2. The number of nitrogens with one attached hydrogen (secondary N) is 2. The van der Waals surface area contributed by atoms with Gasteiger partial charge in [-0.3, -0.25) is 0 Å². The molecule has 4 N–H and O–H groups in total. The number of hydrogen-bond donors (Lipinski definition) is 4. The molecule has 0 radical (unpaired) electrons. The van der Waals surface area contributed by atoms with Crippen LogP contribution in [0, 0.1) is 0 Å². The van der Waals surface area contributed by atoms with Crippen LogP contribution in [-0.2, 0) is 5.75 Å². The minimum atomic E-state index is -1.31. The number of phenols is 1. The van der Waals surface area contributed by atoms with Gasteiger partial charge in [0, 0.05) is 47.4 Å². The number of ether oxygens (including phenoxy) is 1. The Morgan fingerprint density at radius 2 is 2.13 bits per heavy atom. The van der Waals surface area contributed by atoms with Crippen molar-refractivity contribution in [3.8, 4) is 11.5 Å². The first-order valence-corrected chi connectivity index (χ1v) is 11.0. The van der Waals surface area contributed by atoms with Gasteiger partial charge in [0.2, 0.25) is 0 Å². The Hall–Kier alpha value is -2.90. The lowest BCUT2D eigenvalue weighted by Crippen LogP contribution is -2.37. The van der Waals surface area contributed by atoms with Gasteiger partial charge >= 0.3 is 6.16 Å². The van der Waals surface area contributed by atoms with Crippen molar-refractivity contribution in [2.75, 3.05) is 12.3 Å². The molecule has 0 saturated heterocycles. The number of carboxylic acid groups (broad SMARTS) is 1. The quantitative estimate of drug-likeness (QED) is 0.187.